The van der Waals surface area contributed by atoms with Crippen LogP contribution in [-0.4, -0.2) is 13.2 Å². The van der Waals surface area contributed by atoms with Crippen molar-refractivity contribution in [3.05, 3.63) is 29.3 Å². The fraction of sp³-hybridized carbons (Fsp3) is 0.625. The van der Waals surface area contributed by atoms with Gasteiger partial charge in [-0.05, 0) is 37.1 Å². The third-order valence-electron chi connectivity index (χ3n) is 3.77. The van der Waals surface area contributed by atoms with Crippen molar-refractivity contribution in [3.63, 3.8) is 0 Å². The first-order valence-corrected chi connectivity index (χ1v) is 7.09. The molecule has 2 nitrogen and oxygen atoms in total. The van der Waals surface area contributed by atoms with Crippen LogP contribution < -0.4 is 10.1 Å². The summed E-state index contributed by atoms with van der Waals surface area (Å²) >= 11 is 0. The van der Waals surface area contributed by atoms with E-state index in [2.05, 4.69) is 51.2 Å². The van der Waals surface area contributed by atoms with E-state index in [9.17, 15) is 0 Å². The maximum atomic E-state index is 5.74. The molecule has 0 fully saturated rings. The second-order valence-corrected chi connectivity index (χ2v) is 5.84. The molecule has 18 heavy (non-hydrogen) atoms. The third-order valence-corrected chi connectivity index (χ3v) is 3.77. The highest BCUT2D eigenvalue weighted by Crippen LogP contribution is 2.39. The van der Waals surface area contributed by atoms with Gasteiger partial charge < -0.3 is 10.1 Å². The highest BCUT2D eigenvalue weighted by atomic mass is 16.5. The Morgan fingerprint density at radius 3 is 2.78 bits per heavy atom. The molecule has 0 saturated heterocycles. The van der Waals surface area contributed by atoms with Gasteiger partial charge in [-0.3, -0.25) is 0 Å². The molecule has 1 N–H and O–H groups in total. The number of nitrogens with one attached hydrogen (secondary N) is 1. The average Bonchev–Trinajstić information content (AvgIpc) is 2.66. The zero-order chi connectivity index (χ0) is 13.2. The van der Waals surface area contributed by atoms with Crippen molar-refractivity contribution in [2.75, 3.05) is 13.2 Å². The summed E-state index contributed by atoms with van der Waals surface area (Å²) in [5.74, 6) is 1.06. The summed E-state index contributed by atoms with van der Waals surface area (Å²) in [4.78, 5) is 0. The van der Waals surface area contributed by atoms with E-state index < -0.39 is 0 Å². The highest BCUT2D eigenvalue weighted by Gasteiger charge is 2.32. The molecule has 2 rings (SSSR count). The maximum absolute atomic E-state index is 5.74. The van der Waals surface area contributed by atoms with E-state index in [1.54, 1.807) is 0 Å². The smallest absolute Gasteiger partial charge is 0.123 e. The number of ether oxygens (including phenoxy) is 1. The minimum atomic E-state index is 0.147. The van der Waals surface area contributed by atoms with Crippen molar-refractivity contribution in [3.8, 4) is 5.75 Å². The molecule has 0 radical (unpaired) electrons. The topological polar surface area (TPSA) is 21.3 Å². The van der Waals surface area contributed by atoms with E-state index in [4.69, 9.17) is 4.74 Å². The highest BCUT2D eigenvalue weighted by molar-refractivity contribution is 5.45. The van der Waals surface area contributed by atoms with Crippen LogP contribution in [0, 0.1) is 0 Å². The van der Waals surface area contributed by atoms with Crippen LogP contribution in [0.15, 0.2) is 18.2 Å². The van der Waals surface area contributed by atoms with Crippen molar-refractivity contribution >= 4 is 0 Å². The van der Waals surface area contributed by atoms with Gasteiger partial charge in [0.15, 0.2) is 0 Å². The lowest BCUT2D eigenvalue weighted by molar-refractivity contribution is 0.291. The van der Waals surface area contributed by atoms with E-state index in [0.717, 1.165) is 25.3 Å². The summed E-state index contributed by atoms with van der Waals surface area (Å²) in [7, 11) is 0. The van der Waals surface area contributed by atoms with E-state index in [-0.39, 0.29) is 5.41 Å². The Labute approximate surface area is 111 Å². The lowest BCUT2D eigenvalue weighted by Crippen LogP contribution is -2.22. The molecule has 0 bridgehead atoms. The molecule has 1 atom stereocenters. The second-order valence-electron chi connectivity index (χ2n) is 5.84. The second kappa shape index (κ2) is 5.31. The van der Waals surface area contributed by atoms with Gasteiger partial charge in [0, 0.05) is 17.0 Å². The molecule has 0 aromatic heterocycles. The standard InChI is InChI=1S/C16H25NO/c1-5-9-17-14(6-2)12-7-8-15-13(10-12)16(3,4)11-18-15/h7-8,10,14,17H,5-6,9,11H2,1-4H3. The van der Waals surface area contributed by atoms with Crippen LogP contribution in [0.1, 0.15) is 57.7 Å². The fourth-order valence-electron chi connectivity index (χ4n) is 2.57. The Morgan fingerprint density at radius 2 is 2.11 bits per heavy atom. The Morgan fingerprint density at radius 1 is 1.33 bits per heavy atom. The number of hydrogen-bond donors (Lipinski definition) is 1. The molecule has 0 spiro atoms. The monoisotopic (exact) mass is 247 g/mol. The van der Waals surface area contributed by atoms with Gasteiger partial charge >= 0.3 is 0 Å². The van der Waals surface area contributed by atoms with E-state index >= 15 is 0 Å². The Bertz CT molecular complexity index is 412. The average molecular weight is 247 g/mol. The summed E-state index contributed by atoms with van der Waals surface area (Å²) < 4.78 is 5.74. The summed E-state index contributed by atoms with van der Waals surface area (Å²) in [6.07, 6.45) is 2.30. The molecular weight excluding hydrogens is 222 g/mol. The minimum Gasteiger partial charge on any atom is -0.492 e. The largest absolute Gasteiger partial charge is 0.492 e. The van der Waals surface area contributed by atoms with Crippen LogP contribution in [0.5, 0.6) is 5.75 Å². The van der Waals surface area contributed by atoms with Gasteiger partial charge in [-0.2, -0.15) is 0 Å². The first-order chi connectivity index (χ1) is 8.58. The zero-order valence-electron chi connectivity index (χ0n) is 12.0. The Balaban J connectivity index is 2.25. The van der Waals surface area contributed by atoms with E-state index in [1.807, 2.05) is 0 Å². The lowest BCUT2D eigenvalue weighted by Gasteiger charge is -2.20. The van der Waals surface area contributed by atoms with Gasteiger partial charge in [-0.25, -0.2) is 0 Å². The molecule has 1 heterocycles. The Hall–Kier alpha value is -1.02. The zero-order valence-corrected chi connectivity index (χ0v) is 12.0. The van der Waals surface area contributed by atoms with Crippen molar-refractivity contribution in [2.45, 2.75) is 52.0 Å². The molecule has 0 amide bonds. The lowest BCUT2D eigenvalue weighted by atomic mass is 9.85. The molecule has 0 saturated carbocycles. The van der Waals surface area contributed by atoms with Gasteiger partial charge in [0.05, 0.1) is 6.61 Å². The maximum Gasteiger partial charge on any atom is 0.123 e. The van der Waals surface area contributed by atoms with Crippen LogP contribution in [0.3, 0.4) is 0 Å². The summed E-state index contributed by atoms with van der Waals surface area (Å²) in [6, 6.07) is 7.14. The normalized spacial score (nSPS) is 18.2. The van der Waals surface area contributed by atoms with Gasteiger partial charge in [-0.1, -0.05) is 33.8 Å². The number of fused-ring (bicyclic) bond motifs is 1. The first-order valence-electron chi connectivity index (χ1n) is 7.09. The Kier molecular flexibility index (Phi) is 3.96. The van der Waals surface area contributed by atoms with Gasteiger partial charge in [0.25, 0.3) is 0 Å². The summed E-state index contributed by atoms with van der Waals surface area (Å²) in [5.41, 5.74) is 2.90. The SMILES string of the molecule is CCCNC(CC)c1ccc2c(c1)C(C)(C)CO2. The van der Waals surface area contributed by atoms with E-state index in [1.165, 1.54) is 17.5 Å². The first kappa shape index (κ1) is 13.4. The van der Waals surface area contributed by atoms with Gasteiger partial charge in [-0.15, -0.1) is 0 Å². The van der Waals surface area contributed by atoms with Gasteiger partial charge in [0.1, 0.15) is 5.75 Å². The molecule has 2 heteroatoms. The molecule has 1 aromatic rings. The number of rotatable bonds is 5. The number of benzene rings is 1. The molecule has 1 unspecified atom stereocenters. The molecule has 1 aromatic carbocycles. The fourth-order valence-corrected chi connectivity index (χ4v) is 2.57. The van der Waals surface area contributed by atoms with Crippen molar-refractivity contribution in [2.24, 2.45) is 0 Å². The van der Waals surface area contributed by atoms with Crippen LogP contribution in [-0.2, 0) is 5.41 Å². The van der Waals surface area contributed by atoms with E-state index in [0.29, 0.717) is 6.04 Å². The quantitative estimate of drug-likeness (QED) is 0.854. The van der Waals surface area contributed by atoms with Crippen LogP contribution >= 0.6 is 0 Å². The predicted octanol–water partition coefficient (Wildman–Crippen LogP) is 3.81. The van der Waals surface area contributed by atoms with Crippen LogP contribution in [0.4, 0.5) is 0 Å². The number of hydrogen-bond acceptors (Lipinski definition) is 2. The third kappa shape index (κ3) is 2.54. The molecule has 1 aliphatic rings. The van der Waals surface area contributed by atoms with Crippen molar-refractivity contribution < 1.29 is 4.74 Å². The molecule has 1 aliphatic heterocycles. The molecular formula is C16H25NO. The summed E-state index contributed by atoms with van der Waals surface area (Å²) in [5, 5.41) is 3.61. The van der Waals surface area contributed by atoms with Gasteiger partial charge in [0.2, 0.25) is 0 Å². The molecule has 0 aliphatic carbocycles. The van der Waals surface area contributed by atoms with Crippen molar-refractivity contribution in [1.29, 1.82) is 0 Å². The van der Waals surface area contributed by atoms with Crippen LogP contribution in [0.25, 0.3) is 0 Å². The molecule has 100 valence electrons. The summed E-state index contributed by atoms with van der Waals surface area (Å²) in [6.45, 7) is 10.8. The minimum absolute atomic E-state index is 0.147. The van der Waals surface area contributed by atoms with Crippen molar-refractivity contribution in [1.82, 2.24) is 5.32 Å². The predicted molar refractivity (Wildman–Crippen MR) is 76.3 cm³/mol. The van der Waals surface area contributed by atoms with Crippen LogP contribution in [0.2, 0.25) is 0 Å².